The van der Waals surface area contributed by atoms with Crippen LogP contribution in [0.5, 0.6) is 11.5 Å². The van der Waals surface area contributed by atoms with Gasteiger partial charge in [0, 0.05) is 12.1 Å². The first-order valence-electron chi connectivity index (χ1n) is 12.3. The predicted octanol–water partition coefficient (Wildman–Crippen LogP) is 5.02. The third-order valence-electron chi connectivity index (χ3n) is 6.95. The molecule has 6 heteroatoms. The number of hydrogen-bond acceptors (Lipinski definition) is 5. The van der Waals surface area contributed by atoms with Crippen molar-refractivity contribution in [2.75, 3.05) is 33.9 Å². The molecule has 1 aliphatic heterocycles. The summed E-state index contributed by atoms with van der Waals surface area (Å²) in [7, 11) is 3.29. The van der Waals surface area contributed by atoms with Crippen LogP contribution in [0.3, 0.4) is 0 Å². The molecular weight excluding hydrogens is 436 g/mol. The standard InChI is InChI=1S/C29H36N4O2/c1-34-26-15-9-14-25(28(26)35-2)27(29(30)33(31)21-16-22-10-5-3-6-11-22)32-19-17-24(18-20-32)23-12-7-4-8-13-23/h3-15,24,27,30H,16-21,31H2,1-2H3. The molecule has 1 fully saturated rings. The minimum Gasteiger partial charge on any atom is -0.493 e. The van der Waals surface area contributed by atoms with E-state index < -0.39 is 0 Å². The van der Waals surface area contributed by atoms with Gasteiger partial charge in [-0.25, -0.2) is 5.84 Å². The smallest absolute Gasteiger partial charge is 0.165 e. The molecule has 0 radical (unpaired) electrons. The summed E-state index contributed by atoms with van der Waals surface area (Å²) < 4.78 is 11.4. The molecule has 1 saturated heterocycles. The van der Waals surface area contributed by atoms with E-state index in [9.17, 15) is 0 Å². The van der Waals surface area contributed by atoms with Gasteiger partial charge >= 0.3 is 0 Å². The summed E-state index contributed by atoms with van der Waals surface area (Å²) in [4.78, 5) is 2.36. The van der Waals surface area contributed by atoms with Crippen LogP contribution in [0.15, 0.2) is 78.9 Å². The van der Waals surface area contributed by atoms with E-state index >= 15 is 0 Å². The van der Waals surface area contributed by atoms with E-state index in [4.69, 9.17) is 20.7 Å². The first kappa shape index (κ1) is 24.8. The highest BCUT2D eigenvalue weighted by molar-refractivity contribution is 5.86. The molecule has 0 amide bonds. The van der Waals surface area contributed by atoms with Crippen LogP contribution in [-0.4, -0.2) is 49.6 Å². The second-order valence-electron chi connectivity index (χ2n) is 9.02. The van der Waals surface area contributed by atoms with Crippen LogP contribution in [0.2, 0.25) is 0 Å². The maximum atomic E-state index is 9.17. The van der Waals surface area contributed by atoms with Crippen molar-refractivity contribution in [3.05, 3.63) is 95.6 Å². The molecule has 6 nitrogen and oxygen atoms in total. The summed E-state index contributed by atoms with van der Waals surface area (Å²) in [6, 6.07) is 26.5. The summed E-state index contributed by atoms with van der Waals surface area (Å²) in [6.07, 6.45) is 2.85. The molecule has 0 spiro atoms. The number of hydrazine groups is 1. The lowest BCUT2D eigenvalue weighted by Gasteiger charge is -2.40. The molecule has 3 aromatic carbocycles. The summed E-state index contributed by atoms with van der Waals surface area (Å²) in [5.41, 5.74) is 3.50. The Labute approximate surface area is 208 Å². The summed E-state index contributed by atoms with van der Waals surface area (Å²) in [5, 5.41) is 10.8. The third kappa shape index (κ3) is 5.84. The Morgan fingerprint density at radius 1 is 0.943 bits per heavy atom. The molecule has 3 aromatic rings. The van der Waals surface area contributed by atoms with E-state index in [-0.39, 0.29) is 6.04 Å². The lowest BCUT2D eigenvalue weighted by atomic mass is 9.88. The van der Waals surface area contributed by atoms with Crippen molar-refractivity contribution < 1.29 is 9.47 Å². The number of piperidine rings is 1. The fraction of sp³-hybridized carbons (Fsp3) is 0.345. The van der Waals surface area contributed by atoms with Crippen molar-refractivity contribution >= 4 is 5.84 Å². The van der Waals surface area contributed by atoms with Crippen LogP contribution < -0.4 is 15.3 Å². The molecule has 1 heterocycles. The van der Waals surface area contributed by atoms with Crippen molar-refractivity contribution in [1.82, 2.24) is 9.91 Å². The largest absolute Gasteiger partial charge is 0.493 e. The number of likely N-dealkylation sites (tertiary alicyclic amines) is 1. The predicted molar refractivity (Wildman–Crippen MR) is 141 cm³/mol. The van der Waals surface area contributed by atoms with Crippen molar-refractivity contribution in [3.63, 3.8) is 0 Å². The van der Waals surface area contributed by atoms with Crippen LogP contribution in [0.4, 0.5) is 0 Å². The minimum absolute atomic E-state index is 0.322. The molecule has 0 bridgehead atoms. The van der Waals surface area contributed by atoms with Crippen LogP contribution in [0.1, 0.15) is 41.5 Å². The number of benzene rings is 3. The molecular formula is C29H36N4O2. The fourth-order valence-corrected chi connectivity index (χ4v) is 5.03. The van der Waals surface area contributed by atoms with Gasteiger partial charge in [0.2, 0.25) is 0 Å². The van der Waals surface area contributed by atoms with Crippen molar-refractivity contribution in [2.45, 2.75) is 31.2 Å². The van der Waals surface area contributed by atoms with Gasteiger partial charge in [0.25, 0.3) is 0 Å². The Balaban J connectivity index is 1.57. The number of nitrogens with zero attached hydrogens (tertiary/aromatic N) is 2. The molecule has 0 aromatic heterocycles. The van der Waals surface area contributed by atoms with E-state index in [1.807, 2.05) is 36.4 Å². The second-order valence-corrected chi connectivity index (χ2v) is 9.02. The van der Waals surface area contributed by atoms with Gasteiger partial charge in [0.05, 0.1) is 20.3 Å². The zero-order valence-electron chi connectivity index (χ0n) is 20.7. The fourth-order valence-electron chi connectivity index (χ4n) is 5.03. The molecule has 0 aliphatic carbocycles. The van der Waals surface area contributed by atoms with E-state index in [0.717, 1.165) is 37.9 Å². The van der Waals surface area contributed by atoms with Crippen molar-refractivity contribution in [2.24, 2.45) is 5.84 Å². The minimum atomic E-state index is -0.322. The maximum absolute atomic E-state index is 9.17. The van der Waals surface area contributed by atoms with Crippen LogP contribution in [0.25, 0.3) is 0 Å². The van der Waals surface area contributed by atoms with Gasteiger partial charge in [-0.2, -0.15) is 0 Å². The lowest BCUT2D eigenvalue weighted by molar-refractivity contribution is 0.174. The topological polar surface area (TPSA) is 74.8 Å². The first-order valence-corrected chi connectivity index (χ1v) is 12.3. The van der Waals surface area contributed by atoms with Crippen molar-refractivity contribution in [3.8, 4) is 11.5 Å². The third-order valence-corrected chi connectivity index (χ3v) is 6.95. The molecule has 3 N–H and O–H groups in total. The zero-order valence-corrected chi connectivity index (χ0v) is 20.7. The number of methoxy groups -OCH3 is 2. The Hall–Kier alpha value is -3.35. The van der Waals surface area contributed by atoms with E-state index in [2.05, 4.69) is 47.4 Å². The van der Waals surface area contributed by atoms with Gasteiger partial charge < -0.3 is 9.47 Å². The first-order chi connectivity index (χ1) is 17.1. The Kier molecular flexibility index (Phi) is 8.40. The highest BCUT2D eigenvalue weighted by atomic mass is 16.5. The number of nitrogens with one attached hydrogen (secondary N) is 1. The molecule has 4 rings (SSSR count). The Morgan fingerprint density at radius 3 is 2.23 bits per heavy atom. The van der Waals surface area contributed by atoms with Crippen LogP contribution >= 0.6 is 0 Å². The van der Waals surface area contributed by atoms with Gasteiger partial charge in [-0.1, -0.05) is 72.8 Å². The van der Waals surface area contributed by atoms with Crippen LogP contribution in [0, 0.1) is 5.41 Å². The molecule has 0 saturated carbocycles. The molecule has 35 heavy (non-hydrogen) atoms. The monoisotopic (exact) mass is 472 g/mol. The Bertz CT molecular complexity index is 1080. The molecule has 184 valence electrons. The van der Waals surface area contributed by atoms with Gasteiger partial charge in [0.15, 0.2) is 11.5 Å². The highest BCUT2D eigenvalue weighted by Gasteiger charge is 2.34. The molecule has 1 atom stereocenters. The van der Waals surface area contributed by atoms with Gasteiger partial charge in [-0.15, -0.1) is 0 Å². The number of ether oxygens (including phenoxy) is 2. The average Bonchev–Trinajstić information content (AvgIpc) is 2.93. The number of rotatable bonds is 9. The summed E-state index contributed by atoms with van der Waals surface area (Å²) in [6.45, 7) is 2.31. The Morgan fingerprint density at radius 2 is 1.60 bits per heavy atom. The SMILES string of the molecule is COc1cccc(C(C(=N)N(N)CCc2ccccc2)N2CCC(c3ccccc3)CC2)c1OC. The average molecular weight is 473 g/mol. The number of para-hydroxylation sites is 1. The molecule has 1 aliphatic rings. The van der Waals surface area contributed by atoms with Gasteiger partial charge in [-0.05, 0) is 55.5 Å². The molecule has 1 unspecified atom stereocenters. The highest BCUT2D eigenvalue weighted by Crippen LogP contribution is 2.40. The lowest BCUT2D eigenvalue weighted by Crippen LogP contribution is -2.48. The van der Waals surface area contributed by atoms with Gasteiger partial charge in [-0.3, -0.25) is 15.3 Å². The van der Waals surface area contributed by atoms with Crippen molar-refractivity contribution in [1.29, 1.82) is 5.41 Å². The quantitative estimate of drug-likeness (QED) is 0.198. The normalized spacial score (nSPS) is 15.4. The van der Waals surface area contributed by atoms with Gasteiger partial charge in [0.1, 0.15) is 5.84 Å². The summed E-state index contributed by atoms with van der Waals surface area (Å²) in [5.74, 6) is 8.72. The summed E-state index contributed by atoms with van der Waals surface area (Å²) >= 11 is 0. The number of amidine groups is 1. The van der Waals surface area contributed by atoms with E-state index in [1.165, 1.54) is 11.1 Å². The number of hydrogen-bond donors (Lipinski definition) is 2. The van der Waals surface area contributed by atoms with Crippen LogP contribution in [-0.2, 0) is 6.42 Å². The maximum Gasteiger partial charge on any atom is 0.165 e. The zero-order chi connectivity index (χ0) is 24.6. The van der Waals surface area contributed by atoms with E-state index in [0.29, 0.717) is 29.8 Å². The second kappa shape index (κ2) is 11.9. The van der Waals surface area contributed by atoms with E-state index in [1.54, 1.807) is 19.2 Å². The number of nitrogens with two attached hydrogens (primary N) is 1.